The third kappa shape index (κ3) is 3.11. The molecule has 94 valence electrons. The number of hydrogen-bond donors (Lipinski definition) is 3. The fourth-order valence-electron chi connectivity index (χ4n) is 1.09. The van der Waals surface area contributed by atoms with Crippen LogP contribution < -0.4 is 10.9 Å². The Balaban J connectivity index is 2.90. The van der Waals surface area contributed by atoms with Gasteiger partial charge in [0.2, 0.25) is 0 Å². The van der Waals surface area contributed by atoms with Gasteiger partial charge in [-0.25, -0.2) is 4.68 Å². The van der Waals surface area contributed by atoms with Crippen molar-refractivity contribution in [2.45, 2.75) is 12.5 Å². The van der Waals surface area contributed by atoms with Crippen LogP contribution in [0.25, 0.3) is 0 Å². The predicted octanol–water partition coefficient (Wildman–Crippen LogP) is -1.75. The second kappa shape index (κ2) is 5.07. The molecule has 0 aliphatic carbocycles. The Hall–Kier alpha value is -1.73. The van der Waals surface area contributed by atoms with Crippen LogP contribution in [0.1, 0.15) is 17.4 Å². The lowest BCUT2D eigenvalue weighted by Crippen LogP contribution is -2.52. The smallest absolute Gasteiger partial charge is 0.272 e. The van der Waals surface area contributed by atoms with Crippen molar-refractivity contribution in [1.29, 1.82) is 0 Å². The Labute approximate surface area is 97.7 Å². The van der Waals surface area contributed by atoms with E-state index in [0.717, 1.165) is 4.68 Å². The summed E-state index contributed by atoms with van der Waals surface area (Å²) in [4.78, 5) is 22.8. The summed E-state index contributed by atoms with van der Waals surface area (Å²) >= 11 is 0. The monoisotopic (exact) mass is 241 g/mol. The second-order valence-corrected chi connectivity index (χ2v) is 4.01. The summed E-state index contributed by atoms with van der Waals surface area (Å²) in [6, 6.07) is 2.50. The normalized spacial score (nSPS) is 11.3. The van der Waals surface area contributed by atoms with Gasteiger partial charge in [-0.1, -0.05) is 0 Å². The van der Waals surface area contributed by atoms with Crippen LogP contribution in [0.5, 0.6) is 0 Å². The van der Waals surface area contributed by atoms with Crippen LogP contribution in [0, 0.1) is 0 Å². The lowest BCUT2D eigenvalue weighted by Gasteiger charge is -2.25. The molecule has 17 heavy (non-hydrogen) atoms. The molecule has 7 heteroatoms. The lowest BCUT2D eigenvalue weighted by atomic mass is 10.1. The molecule has 0 bridgehead atoms. The van der Waals surface area contributed by atoms with Crippen LogP contribution in [0.15, 0.2) is 16.9 Å². The number of aryl methyl sites for hydroxylation is 1. The molecular formula is C10H15N3O4. The standard InChI is InChI=1S/C10H15N3O4/c1-10(5-14,6-15)11-9(17)7-3-4-8(16)13(2)12-7/h3-4,14-15H,5-6H2,1-2H3,(H,11,17). The minimum atomic E-state index is -1.12. The van der Waals surface area contributed by atoms with E-state index in [-0.39, 0.29) is 11.3 Å². The van der Waals surface area contributed by atoms with Crippen LogP contribution >= 0.6 is 0 Å². The summed E-state index contributed by atoms with van der Waals surface area (Å²) in [6.45, 7) is 0.689. The molecule has 1 aromatic rings. The van der Waals surface area contributed by atoms with Crippen molar-refractivity contribution in [3.05, 3.63) is 28.2 Å². The lowest BCUT2D eigenvalue weighted by molar-refractivity contribution is 0.0717. The van der Waals surface area contributed by atoms with E-state index in [1.807, 2.05) is 0 Å². The number of aromatic nitrogens is 2. The molecule has 0 unspecified atom stereocenters. The summed E-state index contributed by atoms with van der Waals surface area (Å²) < 4.78 is 1.03. The molecule has 0 radical (unpaired) electrons. The van der Waals surface area contributed by atoms with Crippen LogP contribution in [0.2, 0.25) is 0 Å². The highest BCUT2D eigenvalue weighted by Gasteiger charge is 2.25. The fraction of sp³-hybridized carbons (Fsp3) is 0.500. The van der Waals surface area contributed by atoms with Crippen molar-refractivity contribution < 1.29 is 15.0 Å². The van der Waals surface area contributed by atoms with Gasteiger partial charge in [-0.3, -0.25) is 9.59 Å². The summed E-state index contributed by atoms with van der Waals surface area (Å²) in [7, 11) is 1.43. The van der Waals surface area contributed by atoms with Crippen molar-refractivity contribution in [3.8, 4) is 0 Å². The number of aliphatic hydroxyl groups is 2. The van der Waals surface area contributed by atoms with Gasteiger partial charge < -0.3 is 15.5 Å². The van der Waals surface area contributed by atoms with Gasteiger partial charge in [0.25, 0.3) is 11.5 Å². The molecule has 0 saturated heterocycles. The average Bonchev–Trinajstić information content (AvgIpc) is 2.32. The number of rotatable bonds is 4. The molecule has 0 aromatic carbocycles. The summed E-state index contributed by atoms with van der Waals surface area (Å²) in [5, 5.41) is 24.3. The number of carbonyl (C=O) groups excluding carboxylic acids is 1. The molecule has 1 amide bonds. The largest absolute Gasteiger partial charge is 0.394 e. The summed E-state index contributed by atoms with van der Waals surface area (Å²) in [5.74, 6) is -0.564. The van der Waals surface area contributed by atoms with E-state index < -0.39 is 24.7 Å². The zero-order chi connectivity index (χ0) is 13.1. The highest BCUT2D eigenvalue weighted by Crippen LogP contribution is 2.02. The van der Waals surface area contributed by atoms with E-state index in [9.17, 15) is 9.59 Å². The summed E-state index contributed by atoms with van der Waals surface area (Å²) in [6.07, 6.45) is 0. The van der Waals surface area contributed by atoms with Gasteiger partial charge in [0.15, 0.2) is 0 Å². The number of aliphatic hydroxyl groups excluding tert-OH is 2. The predicted molar refractivity (Wildman–Crippen MR) is 59.5 cm³/mol. The van der Waals surface area contributed by atoms with Crippen molar-refractivity contribution in [2.24, 2.45) is 7.05 Å². The Kier molecular flexibility index (Phi) is 3.97. The van der Waals surface area contributed by atoms with Gasteiger partial charge in [0, 0.05) is 13.1 Å². The molecule has 3 N–H and O–H groups in total. The Bertz CT molecular complexity index is 465. The Morgan fingerprint density at radius 1 is 1.47 bits per heavy atom. The molecular weight excluding hydrogens is 226 g/mol. The highest BCUT2D eigenvalue weighted by molar-refractivity contribution is 5.92. The van der Waals surface area contributed by atoms with Gasteiger partial charge >= 0.3 is 0 Å². The first-order valence-corrected chi connectivity index (χ1v) is 5.00. The molecule has 1 aromatic heterocycles. The van der Waals surface area contributed by atoms with E-state index in [1.54, 1.807) is 0 Å². The SMILES string of the molecule is Cn1nc(C(=O)NC(C)(CO)CO)ccc1=O. The van der Waals surface area contributed by atoms with Crippen LogP contribution in [-0.4, -0.2) is 44.7 Å². The number of hydrogen-bond acceptors (Lipinski definition) is 5. The molecule has 0 fully saturated rings. The number of amides is 1. The minimum absolute atomic E-state index is 0.0419. The third-order valence-electron chi connectivity index (χ3n) is 2.31. The van der Waals surface area contributed by atoms with Gasteiger partial charge in [-0.05, 0) is 13.0 Å². The zero-order valence-corrected chi connectivity index (χ0v) is 9.67. The van der Waals surface area contributed by atoms with Gasteiger partial charge in [-0.2, -0.15) is 5.10 Å². The fourth-order valence-corrected chi connectivity index (χ4v) is 1.09. The molecule has 0 aliphatic rings. The maximum absolute atomic E-state index is 11.7. The first kappa shape index (κ1) is 13.3. The maximum Gasteiger partial charge on any atom is 0.272 e. The van der Waals surface area contributed by atoms with E-state index in [1.165, 1.54) is 26.1 Å². The highest BCUT2D eigenvalue weighted by atomic mass is 16.3. The molecule has 7 nitrogen and oxygen atoms in total. The molecule has 0 aliphatic heterocycles. The minimum Gasteiger partial charge on any atom is -0.394 e. The van der Waals surface area contributed by atoms with Crippen LogP contribution in [-0.2, 0) is 7.05 Å². The van der Waals surface area contributed by atoms with Crippen molar-refractivity contribution in [3.63, 3.8) is 0 Å². The Morgan fingerprint density at radius 3 is 2.53 bits per heavy atom. The van der Waals surface area contributed by atoms with Crippen LogP contribution in [0.4, 0.5) is 0 Å². The average molecular weight is 241 g/mol. The van der Waals surface area contributed by atoms with Crippen molar-refractivity contribution in [1.82, 2.24) is 15.1 Å². The van der Waals surface area contributed by atoms with E-state index in [2.05, 4.69) is 10.4 Å². The van der Waals surface area contributed by atoms with Gasteiger partial charge in [-0.15, -0.1) is 0 Å². The van der Waals surface area contributed by atoms with E-state index in [0.29, 0.717) is 0 Å². The van der Waals surface area contributed by atoms with E-state index >= 15 is 0 Å². The maximum atomic E-state index is 11.7. The number of nitrogens with zero attached hydrogens (tertiary/aromatic N) is 2. The first-order valence-electron chi connectivity index (χ1n) is 5.00. The number of nitrogens with one attached hydrogen (secondary N) is 1. The third-order valence-corrected chi connectivity index (χ3v) is 2.31. The molecule has 1 heterocycles. The Morgan fingerprint density at radius 2 is 2.06 bits per heavy atom. The molecule has 0 atom stereocenters. The molecule has 1 rings (SSSR count). The second-order valence-electron chi connectivity index (χ2n) is 4.01. The number of carbonyl (C=O) groups is 1. The van der Waals surface area contributed by atoms with Crippen molar-refractivity contribution >= 4 is 5.91 Å². The first-order chi connectivity index (χ1) is 7.91. The quantitative estimate of drug-likeness (QED) is 0.580. The van der Waals surface area contributed by atoms with E-state index in [4.69, 9.17) is 10.2 Å². The summed E-state index contributed by atoms with van der Waals surface area (Å²) in [5.41, 5.74) is -1.40. The van der Waals surface area contributed by atoms with Crippen molar-refractivity contribution in [2.75, 3.05) is 13.2 Å². The van der Waals surface area contributed by atoms with Crippen LogP contribution in [0.3, 0.4) is 0 Å². The molecule has 0 spiro atoms. The zero-order valence-electron chi connectivity index (χ0n) is 9.67. The topological polar surface area (TPSA) is 104 Å². The van der Waals surface area contributed by atoms with Gasteiger partial charge in [0.05, 0.1) is 18.8 Å². The van der Waals surface area contributed by atoms with Gasteiger partial charge in [0.1, 0.15) is 5.69 Å². The molecule has 0 saturated carbocycles.